The smallest absolute Gasteiger partial charge is 0.191 e. The lowest BCUT2D eigenvalue weighted by molar-refractivity contribution is 0.105. The summed E-state index contributed by atoms with van der Waals surface area (Å²) in [6.45, 7) is 2.63. The van der Waals surface area contributed by atoms with Crippen molar-refractivity contribution in [1.29, 1.82) is 0 Å². The molecule has 1 aromatic carbocycles. The first kappa shape index (κ1) is 22.8. The van der Waals surface area contributed by atoms with Crippen LogP contribution in [0.5, 0.6) is 5.75 Å². The Hall–Kier alpha value is -1.26. The second-order valence-corrected chi connectivity index (χ2v) is 6.16. The molecule has 1 aromatic heterocycles. The Kier molecular flexibility index (Phi) is 11.4. The third kappa shape index (κ3) is 7.96. The SMILES string of the molecule is CN=C(NCCCOCc1ccco1)NCc1ccc(OC)c(Br)c1.I. The van der Waals surface area contributed by atoms with E-state index in [-0.39, 0.29) is 24.0 Å². The van der Waals surface area contributed by atoms with Crippen molar-refractivity contribution in [2.45, 2.75) is 19.6 Å². The average molecular weight is 538 g/mol. The molecule has 2 aromatic rings. The van der Waals surface area contributed by atoms with E-state index in [1.54, 1.807) is 20.4 Å². The summed E-state index contributed by atoms with van der Waals surface area (Å²) in [5, 5.41) is 6.55. The van der Waals surface area contributed by atoms with Crippen LogP contribution in [-0.4, -0.2) is 33.3 Å². The minimum absolute atomic E-state index is 0. The van der Waals surface area contributed by atoms with Crippen LogP contribution in [0.2, 0.25) is 0 Å². The maximum Gasteiger partial charge on any atom is 0.191 e. The van der Waals surface area contributed by atoms with Gasteiger partial charge in [0.05, 0.1) is 17.8 Å². The van der Waals surface area contributed by atoms with E-state index in [2.05, 4.69) is 31.6 Å². The van der Waals surface area contributed by atoms with Gasteiger partial charge >= 0.3 is 0 Å². The zero-order valence-corrected chi connectivity index (χ0v) is 18.9. The zero-order valence-electron chi connectivity index (χ0n) is 15.0. The molecule has 0 aliphatic rings. The molecule has 0 fully saturated rings. The lowest BCUT2D eigenvalue weighted by atomic mass is 10.2. The van der Waals surface area contributed by atoms with Crippen molar-refractivity contribution in [3.8, 4) is 5.75 Å². The van der Waals surface area contributed by atoms with Crippen LogP contribution in [0.25, 0.3) is 0 Å². The molecule has 2 N–H and O–H groups in total. The molecule has 0 unspecified atom stereocenters. The average Bonchev–Trinajstić information content (AvgIpc) is 3.14. The first-order chi connectivity index (χ1) is 12.2. The normalized spacial score (nSPS) is 11.0. The van der Waals surface area contributed by atoms with Crippen LogP contribution in [0.15, 0.2) is 50.5 Å². The van der Waals surface area contributed by atoms with Gasteiger partial charge in [0.2, 0.25) is 0 Å². The second-order valence-electron chi connectivity index (χ2n) is 5.31. The molecule has 144 valence electrons. The van der Waals surface area contributed by atoms with Crippen LogP contribution >= 0.6 is 39.9 Å². The summed E-state index contributed by atoms with van der Waals surface area (Å²) in [5.74, 6) is 2.43. The van der Waals surface area contributed by atoms with Gasteiger partial charge in [-0.25, -0.2) is 0 Å². The maximum absolute atomic E-state index is 5.55. The van der Waals surface area contributed by atoms with Gasteiger partial charge < -0.3 is 24.5 Å². The molecule has 0 saturated carbocycles. The lowest BCUT2D eigenvalue weighted by Crippen LogP contribution is -2.37. The maximum atomic E-state index is 5.55. The Labute approximate surface area is 179 Å². The summed E-state index contributed by atoms with van der Waals surface area (Å²) in [5.41, 5.74) is 1.14. The monoisotopic (exact) mass is 537 g/mol. The van der Waals surface area contributed by atoms with E-state index in [1.165, 1.54) is 0 Å². The van der Waals surface area contributed by atoms with Gasteiger partial charge in [0.15, 0.2) is 5.96 Å². The van der Waals surface area contributed by atoms with Gasteiger partial charge in [-0.2, -0.15) is 0 Å². The highest BCUT2D eigenvalue weighted by Crippen LogP contribution is 2.25. The van der Waals surface area contributed by atoms with Gasteiger partial charge in [0.25, 0.3) is 0 Å². The van der Waals surface area contributed by atoms with Crippen molar-refractivity contribution in [3.05, 3.63) is 52.4 Å². The van der Waals surface area contributed by atoms with Crippen molar-refractivity contribution < 1.29 is 13.9 Å². The third-order valence-corrected chi connectivity index (χ3v) is 4.10. The number of rotatable bonds is 9. The fourth-order valence-corrected chi connectivity index (χ4v) is 2.76. The van der Waals surface area contributed by atoms with Crippen molar-refractivity contribution in [1.82, 2.24) is 10.6 Å². The fraction of sp³-hybridized carbons (Fsp3) is 0.389. The molecule has 2 rings (SSSR count). The van der Waals surface area contributed by atoms with Gasteiger partial charge in [-0.15, -0.1) is 24.0 Å². The van der Waals surface area contributed by atoms with Crippen molar-refractivity contribution in [3.63, 3.8) is 0 Å². The molecule has 0 aliphatic carbocycles. The minimum atomic E-state index is 0. The molecule has 1 heterocycles. The molecule has 0 atom stereocenters. The highest BCUT2D eigenvalue weighted by Gasteiger charge is 2.03. The molecule has 0 radical (unpaired) electrons. The molecular weight excluding hydrogens is 513 g/mol. The molecule has 0 spiro atoms. The zero-order chi connectivity index (χ0) is 17.9. The van der Waals surface area contributed by atoms with Crippen LogP contribution < -0.4 is 15.4 Å². The standard InChI is InChI=1S/C18H24BrN3O3.HI/c1-20-18(21-8-4-9-24-13-15-5-3-10-25-15)22-12-14-6-7-17(23-2)16(19)11-14;/h3,5-7,10-11H,4,8-9,12-13H2,1-2H3,(H2,20,21,22);1H. The van der Waals surface area contributed by atoms with Crippen molar-refractivity contribution in [2.24, 2.45) is 4.99 Å². The molecule has 0 saturated heterocycles. The van der Waals surface area contributed by atoms with Crippen LogP contribution in [-0.2, 0) is 17.9 Å². The highest BCUT2D eigenvalue weighted by molar-refractivity contribution is 14.0. The van der Waals surface area contributed by atoms with Crippen LogP contribution in [0.1, 0.15) is 17.7 Å². The summed E-state index contributed by atoms with van der Waals surface area (Å²) in [7, 11) is 3.41. The van der Waals surface area contributed by atoms with E-state index < -0.39 is 0 Å². The topological polar surface area (TPSA) is 68.0 Å². The molecule has 26 heavy (non-hydrogen) atoms. The summed E-state index contributed by atoms with van der Waals surface area (Å²) in [6.07, 6.45) is 2.53. The molecule has 0 aliphatic heterocycles. The number of furan rings is 1. The van der Waals surface area contributed by atoms with Gasteiger partial charge in [-0.05, 0) is 52.2 Å². The Morgan fingerprint density at radius 1 is 1.27 bits per heavy atom. The predicted molar refractivity (Wildman–Crippen MR) is 117 cm³/mol. The Morgan fingerprint density at radius 3 is 2.77 bits per heavy atom. The number of hydrogen-bond donors (Lipinski definition) is 2. The Bertz CT molecular complexity index is 666. The van der Waals surface area contributed by atoms with Crippen LogP contribution in [0.4, 0.5) is 0 Å². The number of benzene rings is 1. The first-order valence-corrected chi connectivity index (χ1v) is 8.89. The predicted octanol–water partition coefficient (Wildman–Crippen LogP) is 3.94. The van der Waals surface area contributed by atoms with E-state index in [1.807, 2.05) is 30.3 Å². The van der Waals surface area contributed by atoms with Crippen LogP contribution in [0, 0.1) is 0 Å². The number of aliphatic imine (C=N–C) groups is 1. The van der Waals surface area contributed by atoms with E-state index in [9.17, 15) is 0 Å². The number of nitrogens with zero attached hydrogens (tertiary/aromatic N) is 1. The summed E-state index contributed by atoms with van der Waals surface area (Å²) < 4.78 is 16.9. The van der Waals surface area contributed by atoms with Crippen molar-refractivity contribution in [2.75, 3.05) is 27.3 Å². The minimum Gasteiger partial charge on any atom is -0.496 e. The summed E-state index contributed by atoms with van der Waals surface area (Å²) in [4.78, 5) is 4.22. The number of ether oxygens (including phenoxy) is 2. The van der Waals surface area contributed by atoms with Crippen molar-refractivity contribution >= 4 is 45.9 Å². The highest BCUT2D eigenvalue weighted by atomic mass is 127. The van der Waals surface area contributed by atoms with Gasteiger partial charge in [0.1, 0.15) is 18.1 Å². The molecule has 6 nitrogen and oxygen atoms in total. The summed E-state index contributed by atoms with van der Waals surface area (Å²) in [6, 6.07) is 9.75. The van der Waals surface area contributed by atoms with E-state index >= 15 is 0 Å². The molecule has 0 bridgehead atoms. The Balaban J connectivity index is 0.00000338. The third-order valence-electron chi connectivity index (χ3n) is 3.48. The quantitative estimate of drug-likeness (QED) is 0.219. The fourth-order valence-electron chi connectivity index (χ4n) is 2.17. The van der Waals surface area contributed by atoms with Gasteiger partial charge in [0, 0.05) is 26.7 Å². The van der Waals surface area contributed by atoms with Gasteiger partial charge in [-0.3, -0.25) is 4.99 Å². The van der Waals surface area contributed by atoms with E-state index in [0.29, 0.717) is 19.8 Å². The molecular formula is C18H25BrIN3O3. The number of hydrogen-bond acceptors (Lipinski definition) is 4. The van der Waals surface area contributed by atoms with Gasteiger partial charge in [-0.1, -0.05) is 6.07 Å². The number of methoxy groups -OCH3 is 1. The lowest BCUT2D eigenvalue weighted by Gasteiger charge is -2.12. The summed E-state index contributed by atoms with van der Waals surface area (Å²) >= 11 is 3.49. The Morgan fingerprint density at radius 2 is 2.12 bits per heavy atom. The largest absolute Gasteiger partial charge is 0.496 e. The molecule has 8 heteroatoms. The van der Waals surface area contributed by atoms with Crippen LogP contribution in [0.3, 0.4) is 0 Å². The number of nitrogens with one attached hydrogen (secondary N) is 2. The molecule has 0 amide bonds. The second kappa shape index (κ2) is 13.0. The van der Waals surface area contributed by atoms with E-state index in [0.717, 1.165) is 40.5 Å². The first-order valence-electron chi connectivity index (χ1n) is 8.10. The number of guanidine groups is 1. The van der Waals surface area contributed by atoms with E-state index in [4.69, 9.17) is 13.9 Å². The number of halogens is 2.